The molecular weight excluding hydrogens is 452 g/mol. The van der Waals surface area contributed by atoms with Gasteiger partial charge in [-0.25, -0.2) is 0 Å². The maximum absolute atomic E-state index is 12.4. The van der Waals surface area contributed by atoms with E-state index in [1.165, 1.54) is 6.07 Å². The number of anilines is 2. The molecule has 2 N–H and O–H groups in total. The van der Waals surface area contributed by atoms with E-state index in [0.717, 1.165) is 4.47 Å². The van der Waals surface area contributed by atoms with Crippen molar-refractivity contribution in [3.8, 4) is 0 Å². The van der Waals surface area contributed by atoms with Crippen molar-refractivity contribution in [3.05, 3.63) is 63.1 Å². The molecule has 1 saturated heterocycles. The fourth-order valence-electron chi connectivity index (χ4n) is 3.47. The molecule has 1 heterocycles. The van der Waals surface area contributed by atoms with E-state index in [2.05, 4.69) is 26.6 Å². The number of piperidine rings is 1. The van der Waals surface area contributed by atoms with Gasteiger partial charge < -0.3 is 15.5 Å². The fraction of sp³-hybridized carbons (Fsp3) is 0.333. The van der Waals surface area contributed by atoms with Crippen molar-refractivity contribution < 1.29 is 14.5 Å². The topological polar surface area (TPSA) is 105 Å². The number of rotatable bonds is 7. The predicted octanol–water partition coefficient (Wildman–Crippen LogP) is 3.72. The van der Waals surface area contributed by atoms with Crippen LogP contribution in [-0.4, -0.2) is 36.4 Å². The van der Waals surface area contributed by atoms with E-state index in [1.54, 1.807) is 30.3 Å². The minimum atomic E-state index is -0.381. The molecule has 1 aliphatic heterocycles. The van der Waals surface area contributed by atoms with Gasteiger partial charge in [0.25, 0.3) is 5.69 Å². The Labute approximate surface area is 182 Å². The number of nitro benzene ring substituents is 1. The first-order valence-corrected chi connectivity index (χ1v) is 10.5. The molecule has 1 aliphatic rings. The van der Waals surface area contributed by atoms with Crippen LogP contribution in [-0.2, 0) is 9.59 Å². The molecule has 0 radical (unpaired) electrons. The number of halogens is 1. The van der Waals surface area contributed by atoms with E-state index in [-0.39, 0.29) is 41.3 Å². The maximum Gasteiger partial charge on any atom is 0.292 e. The Balaban J connectivity index is 1.42. The largest absolute Gasteiger partial charge is 0.366 e. The molecule has 0 saturated carbocycles. The van der Waals surface area contributed by atoms with Gasteiger partial charge in [0, 0.05) is 48.2 Å². The van der Waals surface area contributed by atoms with Crippen LogP contribution in [0.5, 0.6) is 0 Å². The Morgan fingerprint density at radius 1 is 1.10 bits per heavy atom. The Morgan fingerprint density at radius 2 is 1.77 bits per heavy atom. The lowest BCUT2D eigenvalue weighted by molar-refractivity contribution is -0.384. The predicted molar refractivity (Wildman–Crippen MR) is 118 cm³/mol. The van der Waals surface area contributed by atoms with Crippen molar-refractivity contribution in [2.45, 2.75) is 19.3 Å². The summed E-state index contributed by atoms with van der Waals surface area (Å²) in [6.07, 6.45) is 1.42. The zero-order chi connectivity index (χ0) is 21.5. The van der Waals surface area contributed by atoms with E-state index in [0.29, 0.717) is 37.3 Å². The molecule has 0 spiro atoms. The maximum atomic E-state index is 12.4. The summed E-state index contributed by atoms with van der Waals surface area (Å²) in [4.78, 5) is 37.2. The van der Waals surface area contributed by atoms with E-state index in [1.807, 2.05) is 17.0 Å². The van der Waals surface area contributed by atoms with Crippen LogP contribution in [0.25, 0.3) is 0 Å². The van der Waals surface area contributed by atoms with Gasteiger partial charge >= 0.3 is 0 Å². The Bertz CT molecular complexity index is 911. The average molecular weight is 475 g/mol. The second-order valence-corrected chi connectivity index (χ2v) is 8.02. The fourth-order valence-corrected chi connectivity index (χ4v) is 3.73. The summed E-state index contributed by atoms with van der Waals surface area (Å²) >= 11 is 3.34. The van der Waals surface area contributed by atoms with Crippen LogP contribution in [0.2, 0.25) is 0 Å². The lowest BCUT2D eigenvalue weighted by Crippen LogP contribution is -2.41. The van der Waals surface area contributed by atoms with Crippen LogP contribution >= 0.6 is 15.9 Å². The van der Waals surface area contributed by atoms with E-state index < -0.39 is 0 Å². The van der Waals surface area contributed by atoms with Crippen molar-refractivity contribution in [1.82, 2.24) is 5.32 Å². The highest BCUT2D eigenvalue weighted by Gasteiger charge is 2.27. The molecule has 8 nitrogen and oxygen atoms in total. The van der Waals surface area contributed by atoms with Gasteiger partial charge in [0.15, 0.2) is 0 Å². The van der Waals surface area contributed by atoms with E-state index >= 15 is 0 Å². The molecule has 30 heavy (non-hydrogen) atoms. The molecule has 2 amide bonds. The van der Waals surface area contributed by atoms with Gasteiger partial charge in [0.2, 0.25) is 11.8 Å². The average Bonchev–Trinajstić information content (AvgIpc) is 2.75. The highest BCUT2D eigenvalue weighted by Crippen LogP contribution is 2.31. The molecule has 158 valence electrons. The standard InChI is InChI=1S/C21H23BrN4O4/c22-16-5-7-17(8-6-16)24-20(27)9-12-23-21(28)15-10-13-25(14-11-15)18-3-1-2-4-19(18)26(29)30/h1-8,15H,9-14H2,(H,23,28)(H,24,27). The summed E-state index contributed by atoms with van der Waals surface area (Å²) in [6, 6.07) is 13.9. The number of hydrogen-bond donors (Lipinski definition) is 2. The van der Waals surface area contributed by atoms with E-state index in [9.17, 15) is 19.7 Å². The van der Waals surface area contributed by atoms with E-state index in [4.69, 9.17) is 0 Å². The minimum absolute atomic E-state index is 0.0753. The number of para-hydroxylation sites is 2. The van der Waals surface area contributed by atoms with Crippen molar-refractivity contribution in [2.24, 2.45) is 5.92 Å². The molecule has 2 aromatic carbocycles. The number of nitrogens with zero attached hydrogens (tertiary/aromatic N) is 2. The second-order valence-electron chi connectivity index (χ2n) is 7.10. The van der Waals surface area contributed by atoms with Crippen molar-refractivity contribution in [1.29, 1.82) is 0 Å². The van der Waals surface area contributed by atoms with Gasteiger partial charge in [-0.1, -0.05) is 28.1 Å². The van der Waals surface area contributed by atoms with Gasteiger partial charge in [0.1, 0.15) is 5.69 Å². The summed E-state index contributed by atoms with van der Waals surface area (Å²) in [5, 5.41) is 16.8. The molecule has 0 aromatic heterocycles. The smallest absolute Gasteiger partial charge is 0.292 e. The molecule has 2 aromatic rings. The monoisotopic (exact) mass is 474 g/mol. The number of carbonyl (C=O) groups is 2. The molecule has 9 heteroatoms. The number of benzene rings is 2. The third-order valence-electron chi connectivity index (χ3n) is 5.06. The first kappa shape index (κ1) is 21.8. The number of nitro groups is 1. The number of nitrogens with one attached hydrogen (secondary N) is 2. The third-order valence-corrected chi connectivity index (χ3v) is 5.59. The van der Waals surface area contributed by atoms with Crippen LogP contribution in [0, 0.1) is 16.0 Å². The molecule has 1 fully saturated rings. The number of carbonyl (C=O) groups excluding carboxylic acids is 2. The van der Waals surface area contributed by atoms with Crippen LogP contribution in [0.4, 0.5) is 17.1 Å². The summed E-state index contributed by atoms with van der Waals surface area (Å²) in [5.41, 5.74) is 1.38. The second kappa shape index (κ2) is 10.2. The Kier molecular flexibility index (Phi) is 7.40. The molecule has 0 atom stereocenters. The Morgan fingerprint density at radius 3 is 2.43 bits per heavy atom. The van der Waals surface area contributed by atoms with Crippen molar-refractivity contribution >= 4 is 44.8 Å². The van der Waals surface area contributed by atoms with Gasteiger partial charge in [-0.05, 0) is 43.2 Å². The van der Waals surface area contributed by atoms with Gasteiger partial charge in [0.05, 0.1) is 4.92 Å². The molecule has 0 bridgehead atoms. The zero-order valence-corrected chi connectivity index (χ0v) is 17.9. The Hall–Kier alpha value is -2.94. The first-order valence-electron chi connectivity index (χ1n) is 9.75. The minimum Gasteiger partial charge on any atom is -0.366 e. The molecule has 0 aliphatic carbocycles. The molecule has 0 unspecified atom stereocenters. The lowest BCUT2D eigenvalue weighted by Gasteiger charge is -2.32. The SMILES string of the molecule is O=C(CCNC(=O)C1CCN(c2ccccc2[N+](=O)[O-])CC1)Nc1ccc(Br)cc1. The van der Waals surface area contributed by atoms with Crippen molar-refractivity contribution in [3.63, 3.8) is 0 Å². The summed E-state index contributed by atoms with van der Waals surface area (Å²) < 4.78 is 0.931. The van der Waals surface area contributed by atoms with Crippen LogP contribution in [0.1, 0.15) is 19.3 Å². The molecule has 3 rings (SSSR count). The normalized spacial score (nSPS) is 14.2. The van der Waals surface area contributed by atoms with Crippen LogP contribution < -0.4 is 15.5 Å². The summed E-state index contributed by atoms with van der Waals surface area (Å²) in [5.74, 6) is -0.393. The van der Waals surface area contributed by atoms with Crippen LogP contribution in [0.15, 0.2) is 53.0 Å². The van der Waals surface area contributed by atoms with Gasteiger partial charge in [-0.2, -0.15) is 0 Å². The summed E-state index contributed by atoms with van der Waals surface area (Å²) in [6.45, 7) is 1.42. The lowest BCUT2D eigenvalue weighted by atomic mass is 9.95. The first-order chi connectivity index (χ1) is 14.4. The third kappa shape index (κ3) is 5.79. The van der Waals surface area contributed by atoms with Crippen LogP contribution in [0.3, 0.4) is 0 Å². The zero-order valence-electron chi connectivity index (χ0n) is 16.3. The van der Waals surface area contributed by atoms with Crippen molar-refractivity contribution in [2.75, 3.05) is 29.9 Å². The highest BCUT2D eigenvalue weighted by molar-refractivity contribution is 9.10. The van der Waals surface area contributed by atoms with Gasteiger partial charge in [-0.3, -0.25) is 19.7 Å². The number of amides is 2. The highest BCUT2D eigenvalue weighted by atomic mass is 79.9. The van der Waals surface area contributed by atoms with Gasteiger partial charge in [-0.15, -0.1) is 0 Å². The molecular formula is C21H23BrN4O4. The number of hydrogen-bond acceptors (Lipinski definition) is 5. The quantitative estimate of drug-likeness (QED) is 0.469. The summed E-state index contributed by atoms with van der Waals surface area (Å²) in [7, 11) is 0.